The van der Waals surface area contributed by atoms with Crippen LogP contribution < -0.4 is 10.1 Å². The molecule has 110 valence electrons. The molecule has 0 spiro atoms. The molecule has 0 aliphatic heterocycles. The van der Waals surface area contributed by atoms with Crippen LogP contribution in [0.25, 0.3) is 0 Å². The molecular weight excluding hydrogens is 270 g/mol. The van der Waals surface area contributed by atoms with Crippen LogP contribution in [0.1, 0.15) is 18.2 Å². The third-order valence-electron chi connectivity index (χ3n) is 3.03. The number of nitro benzene ring substituents is 1. The van der Waals surface area contributed by atoms with Crippen LogP contribution >= 0.6 is 0 Å². The van der Waals surface area contributed by atoms with Gasteiger partial charge in [0.2, 0.25) is 0 Å². The summed E-state index contributed by atoms with van der Waals surface area (Å²) in [6.45, 7) is 4.71. The van der Waals surface area contributed by atoms with Crippen LogP contribution in [0.5, 0.6) is 5.75 Å². The van der Waals surface area contributed by atoms with Gasteiger partial charge in [-0.05, 0) is 31.5 Å². The smallest absolute Gasteiger partial charge is 0.311 e. The van der Waals surface area contributed by atoms with Gasteiger partial charge in [-0.25, -0.2) is 0 Å². The van der Waals surface area contributed by atoms with Crippen LogP contribution in [0.4, 0.5) is 11.4 Å². The zero-order chi connectivity index (χ0) is 15.2. The van der Waals surface area contributed by atoms with Crippen LogP contribution in [-0.4, -0.2) is 16.5 Å². The van der Waals surface area contributed by atoms with Crippen molar-refractivity contribution in [1.82, 2.24) is 4.98 Å². The van der Waals surface area contributed by atoms with Gasteiger partial charge < -0.3 is 10.1 Å². The molecule has 0 atom stereocenters. The highest BCUT2D eigenvalue weighted by atomic mass is 16.6. The van der Waals surface area contributed by atoms with Crippen molar-refractivity contribution in [2.75, 3.05) is 11.9 Å². The van der Waals surface area contributed by atoms with Gasteiger partial charge in [0.1, 0.15) is 0 Å². The molecule has 0 amide bonds. The Labute approximate surface area is 122 Å². The minimum atomic E-state index is -0.447. The first-order valence-corrected chi connectivity index (χ1v) is 6.67. The fraction of sp³-hybridized carbons (Fsp3) is 0.267. The maximum Gasteiger partial charge on any atom is 0.311 e. The molecule has 0 aliphatic carbocycles. The average Bonchev–Trinajstić information content (AvgIpc) is 2.46. The van der Waals surface area contributed by atoms with E-state index in [2.05, 4.69) is 10.3 Å². The number of ether oxygens (including phenoxy) is 1. The zero-order valence-corrected chi connectivity index (χ0v) is 12.0. The van der Waals surface area contributed by atoms with Crippen molar-refractivity contribution < 1.29 is 9.66 Å². The summed E-state index contributed by atoms with van der Waals surface area (Å²) in [6, 6.07) is 8.63. The summed E-state index contributed by atoms with van der Waals surface area (Å²) in [5.74, 6) is 0.269. The highest BCUT2D eigenvalue weighted by Gasteiger charge is 2.15. The Morgan fingerprint density at radius 1 is 1.38 bits per heavy atom. The summed E-state index contributed by atoms with van der Waals surface area (Å²) < 4.78 is 5.32. The van der Waals surface area contributed by atoms with Gasteiger partial charge >= 0.3 is 5.69 Å². The molecule has 1 heterocycles. The van der Waals surface area contributed by atoms with E-state index in [0.717, 1.165) is 16.9 Å². The number of anilines is 1. The third-order valence-corrected chi connectivity index (χ3v) is 3.03. The van der Waals surface area contributed by atoms with Gasteiger partial charge in [0.15, 0.2) is 5.75 Å². The molecule has 0 saturated heterocycles. The van der Waals surface area contributed by atoms with Gasteiger partial charge in [0, 0.05) is 24.0 Å². The second kappa shape index (κ2) is 6.69. The number of nitrogens with zero attached hydrogens (tertiary/aromatic N) is 2. The number of hydrogen-bond acceptors (Lipinski definition) is 5. The first-order valence-electron chi connectivity index (χ1n) is 6.67. The summed E-state index contributed by atoms with van der Waals surface area (Å²) in [5, 5.41) is 14.1. The van der Waals surface area contributed by atoms with E-state index < -0.39 is 4.92 Å². The third kappa shape index (κ3) is 3.68. The number of nitro groups is 1. The minimum absolute atomic E-state index is 0.0311. The van der Waals surface area contributed by atoms with E-state index in [1.807, 2.05) is 19.1 Å². The molecule has 0 radical (unpaired) electrons. The summed E-state index contributed by atoms with van der Waals surface area (Å²) in [6.07, 6.45) is 1.74. The van der Waals surface area contributed by atoms with E-state index in [-0.39, 0.29) is 11.4 Å². The normalized spacial score (nSPS) is 10.2. The predicted molar refractivity (Wildman–Crippen MR) is 80.6 cm³/mol. The maximum atomic E-state index is 10.9. The van der Waals surface area contributed by atoms with Crippen molar-refractivity contribution >= 4 is 11.4 Å². The lowest BCUT2D eigenvalue weighted by atomic mass is 10.2. The molecule has 0 unspecified atom stereocenters. The molecule has 0 saturated carbocycles. The van der Waals surface area contributed by atoms with Crippen LogP contribution in [0, 0.1) is 17.0 Å². The van der Waals surface area contributed by atoms with E-state index in [4.69, 9.17) is 4.74 Å². The number of aromatic nitrogens is 1. The first-order chi connectivity index (χ1) is 10.1. The molecule has 2 rings (SSSR count). The molecule has 0 bridgehead atoms. The van der Waals surface area contributed by atoms with Gasteiger partial charge in [0.25, 0.3) is 0 Å². The number of benzene rings is 1. The molecule has 0 fully saturated rings. The van der Waals surface area contributed by atoms with E-state index in [9.17, 15) is 10.1 Å². The quantitative estimate of drug-likeness (QED) is 0.651. The maximum absolute atomic E-state index is 10.9. The zero-order valence-electron chi connectivity index (χ0n) is 12.0. The van der Waals surface area contributed by atoms with Crippen LogP contribution in [0.3, 0.4) is 0 Å². The number of aryl methyl sites for hydroxylation is 1. The Kier molecular flexibility index (Phi) is 4.71. The minimum Gasteiger partial charge on any atom is -0.487 e. The topological polar surface area (TPSA) is 77.3 Å². The SMILES string of the molecule is CCOc1cc(NCc2ncccc2C)ccc1[N+](=O)[O-]. The Morgan fingerprint density at radius 2 is 2.19 bits per heavy atom. The van der Waals surface area contributed by atoms with Gasteiger partial charge in [-0.3, -0.25) is 15.1 Å². The summed E-state index contributed by atoms with van der Waals surface area (Å²) in [5.41, 5.74) is 2.76. The molecule has 6 nitrogen and oxygen atoms in total. The number of hydrogen-bond donors (Lipinski definition) is 1. The Balaban J connectivity index is 2.15. The fourth-order valence-corrected chi connectivity index (χ4v) is 1.94. The fourth-order valence-electron chi connectivity index (χ4n) is 1.94. The Hall–Kier alpha value is -2.63. The van der Waals surface area contributed by atoms with Crippen molar-refractivity contribution in [3.05, 3.63) is 57.9 Å². The first kappa shape index (κ1) is 14.8. The predicted octanol–water partition coefficient (Wildman–Crippen LogP) is 3.31. The number of nitrogens with one attached hydrogen (secondary N) is 1. The lowest BCUT2D eigenvalue weighted by Crippen LogP contribution is -2.04. The monoisotopic (exact) mass is 287 g/mol. The lowest BCUT2D eigenvalue weighted by Gasteiger charge is -2.10. The van der Waals surface area contributed by atoms with E-state index in [0.29, 0.717) is 13.2 Å². The Morgan fingerprint density at radius 3 is 2.86 bits per heavy atom. The van der Waals surface area contributed by atoms with Crippen molar-refractivity contribution in [1.29, 1.82) is 0 Å². The highest BCUT2D eigenvalue weighted by Crippen LogP contribution is 2.30. The molecular formula is C15H17N3O3. The molecule has 6 heteroatoms. The van der Waals surface area contributed by atoms with Crippen molar-refractivity contribution in [3.8, 4) is 5.75 Å². The van der Waals surface area contributed by atoms with Crippen LogP contribution in [-0.2, 0) is 6.54 Å². The molecule has 1 N–H and O–H groups in total. The number of rotatable bonds is 6. The molecule has 0 aliphatic rings. The summed E-state index contributed by atoms with van der Waals surface area (Å²) >= 11 is 0. The summed E-state index contributed by atoms with van der Waals surface area (Å²) in [7, 11) is 0. The molecule has 2 aromatic rings. The van der Waals surface area contributed by atoms with E-state index in [1.54, 1.807) is 25.3 Å². The van der Waals surface area contributed by atoms with Crippen molar-refractivity contribution in [2.24, 2.45) is 0 Å². The van der Waals surface area contributed by atoms with Gasteiger partial charge in [0.05, 0.1) is 23.8 Å². The van der Waals surface area contributed by atoms with Crippen LogP contribution in [0.2, 0.25) is 0 Å². The molecule has 21 heavy (non-hydrogen) atoms. The number of pyridine rings is 1. The van der Waals surface area contributed by atoms with Crippen molar-refractivity contribution in [2.45, 2.75) is 20.4 Å². The highest BCUT2D eigenvalue weighted by molar-refractivity contribution is 5.58. The molecule has 1 aromatic heterocycles. The van der Waals surface area contributed by atoms with E-state index in [1.165, 1.54) is 6.07 Å². The second-order valence-corrected chi connectivity index (χ2v) is 4.49. The van der Waals surface area contributed by atoms with E-state index >= 15 is 0 Å². The van der Waals surface area contributed by atoms with Crippen molar-refractivity contribution in [3.63, 3.8) is 0 Å². The van der Waals surface area contributed by atoms with Gasteiger partial charge in [-0.2, -0.15) is 0 Å². The van der Waals surface area contributed by atoms with Gasteiger partial charge in [-0.1, -0.05) is 6.07 Å². The molecule has 1 aromatic carbocycles. The standard InChI is InChI=1S/C15H17N3O3/c1-3-21-15-9-12(6-7-14(15)18(19)20)17-10-13-11(2)5-4-8-16-13/h4-9,17H,3,10H2,1-2H3. The Bertz CT molecular complexity index is 644. The largest absolute Gasteiger partial charge is 0.487 e. The second-order valence-electron chi connectivity index (χ2n) is 4.49. The van der Waals surface area contributed by atoms with Gasteiger partial charge in [-0.15, -0.1) is 0 Å². The average molecular weight is 287 g/mol. The van der Waals surface area contributed by atoms with Crippen LogP contribution in [0.15, 0.2) is 36.5 Å². The summed E-state index contributed by atoms with van der Waals surface area (Å²) in [4.78, 5) is 14.8. The lowest BCUT2D eigenvalue weighted by molar-refractivity contribution is -0.385.